The van der Waals surface area contributed by atoms with Gasteiger partial charge in [0.05, 0.1) is 31.1 Å². The van der Waals surface area contributed by atoms with Crippen molar-refractivity contribution in [1.29, 1.82) is 0 Å². The number of fused-ring (bicyclic) bond motifs is 1. The van der Waals surface area contributed by atoms with Crippen LogP contribution in [0, 0.1) is 6.92 Å². The number of aryl methyl sites for hydroxylation is 2. The van der Waals surface area contributed by atoms with Gasteiger partial charge in [0.1, 0.15) is 11.3 Å². The summed E-state index contributed by atoms with van der Waals surface area (Å²) in [5, 5.41) is 3.73. The van der Waals surface area contributed by atoms with E-state index in [1.54, 1.807) is 4.90 Å². The minimum absolute atomic E-state index is 0.130. The molecule has 4 rings (SSSR count). The lowest BCUT2D eigenvalue weighted by Gasteiger charge is -2.27. The Hall–Kier alpha value is -2.64. The number of hydrogen-bond donors (Lipinski definition) is 1. The number of anilines is 1. The molecule has 2 amide bonds. The van der Waals surface area contributed by atoms with Gasteiger partial charge in [0.25, 0.3) is 0 Å². The Morgan fingerprint density at radius 1 is 1.23 bits per heavy atom. The van der Waals surface area contributed by atoms with Gasteiger partial charge in [-0.05, 0) is 31.0 Å². The zero-order valence-electron chi connectivity index (χ0n) is 18.0. The third-order valence-electron chi connectivity index (χ3n) is 5.57. The number of pyridine rings is 1. The van der Waals surface area contributed by atoms with Gasteiger partial charge in [0, 0.05) is 24.5 Å². The van der Waals surface area contributed by atoms with E-state index in [4.69, 9.17) is 26.3 Å². The molecule has 0 aliphatic carbocycles. The first kappa shape index (κ1) is 21.6. The van der Waals surface area contributed by atoms with Crippen LogP contribution in [0.25, 0.3) is 11.2 Å². The average molecular weight is 442 g/mol. The molecule has 1 fully saturated rings. The van der Waals surface area contributed by atoms with E-state index in [1.807, 2.05) is 37.3 Å². The molecule has 1 aliphatic heterocycles. The molecule has 0 atom stereocenters. The predicted octanol–water partition coefficient (Wildman–Crippen LogP) is 4.65. The van der Waals surface area contributed by atoms with Gasteiger partial charge in [-0.1, -0.05) is 43.1 Å². The lowest BCUT2D eigenvalue weighted by molar-refractivity contribution is 0.0564. The van der Waals surface area contributed by atoms with E-state index < -0.39 is 0 Å². The number of carbonyl (C=O) groups excluding carboxylic acids is 1. The lowest BCUT2D eigenvalue weighted by Crippen LogP contribution is -2.43. The van der Waals surface area contributed by atoms with Gasteiger partial charge in [0.2, 0.25) is 0 Å². The molecule has 0 saturated carbocycles. The van der Waals surface area contributed by atoms with Gasteiger partial charge < -0.3 is 19.5 Å². The van der Waals surface area contributed by atoms with Crippen LogP contribution in [0.1, 0.15) is 36.8 Å². The zero-order chi connectivity index (χ0) is 21.8. The highest BCUT2D eigenvalue weighted by atomic mass is 35.5. The Balaban J connectivity index is 1.67. The lowest BCUT2D eigenvalue weighted by atomic mass is 10.2. The first-order valence-corrected chi connectivity index (χ1v) is 11.2. The van der Waals surface area contributed by atoms with Crippen LogP contribution in [-0.2, 0) is 17.7 Å². The third kappa shape index (κ3) is 4.83. The minimum atomic E-state index is -0.130. The Morgan fingerprint density at radius 2 is 2.00 bits per heavy atom. The minimum Gasteiger partial charge on any atom is -0.378 e. The van der Waals surface area contributed by atoms with Crippen molar-refractivity contribution < 1.29 is 9.53 Å². The molecule has 0 spiro atoms. The van der Waals surface area contributed by atoms with Crippen LogP contribution in [0.15, 0.2) is 30.3 Å². The van der Waals surface area contributed by atoms with Crippen molar-refractivity contribution >= 4 is 34.5 Å². The highest BCUT2D eigenvalue weighted by Gasteiger charge is 2.20. The van der Waals surface area contributed by atoms with Crippen LogP contribution < -0.4 is 5.32 Å². The molecule has 0 unspecified atom stereocenters. The van der Waals surface area contributed by atoms with E-state index in [1.165, 1.54) is 0 Å². The number of imidazole rings is 1. The molecule has 1 aliphatic rings. The van der Waals surface area contributed by atoms with Crippen LogP contribution in [0.3, 0.4) is 0 Å². The van der Waals surface area contributed by atoms with Crippen LogP contribution in [0.4, 0.5) is 10.5 Å². The van der Waals surface area contributed by atoms with Gasteiger partial charge in [-0.15, -0.1) is 0 Å². The maximum atomic E-state index is 12.6. The first-order chi connectivity index (χ1) is 15.1. The van der Waals surface area contributed by atoms with Gasteiger partial charge in [-0.2, -0.15) is 0 Å². The molecule has 0 bridgehead atoms. The molecule has 7 nitrogen and oxygen atoms in total. The maximum absolute atomic E-state index is 12.6. The molecular weight excluding hydrogens is 414 g/mol. The predicted molar refractivity (Wildman–Crippen MR) is 123 cm³/mol. The van der Waals surface area contributed by atoms with Crippen molar-refractivity contribution in [2.45, 2.75) is 39.7 Å². The smallest absolute Gasteiger partial charge is 0.322 e. The molecule has 3 aromatic rings. The maximum Gasteiger partial charge on any atom is 0.322 e. The highest BCUT2D eigenvalue weighted by Crippen LogP contribution is 2.25. The summed E-state index contributed by atoms with van der Waals surface area (Å²) in [6.45, 7) is 7.01. The summed E-state index contributed by atoms with van der Waals surface area (Å²) < 4.78 is 7.48. The monoisotopic (exact) mass is 441 g/mol. The fourth-order valence-electron chi connectivity index (χ4n) is 3.76. The van der Waals surface area contributed by atoms with E-state index >= 15 is 0 Å². The van der Waals surface area contributed by atoms with Crippen LogP contribution >= 0.6 is 11.6 Å². The molecule has 31 heavy (non-hydrogen) atoms. The molecule has 1 N–H and O–H groups in total. The van der Waals surface area contributed by atoms with Crippen molar-refractivity contribution in [2.24, 2.45) is 0 Å². The zero-order valence-corrected chi connectivity index (χ0v) is 18.8. The number of urea groups is 1. The number of morpholine rings is 1. The van der Waals surface area contributed by atoms with Gasteiger partial charge in [-0.25, -0.2) is 14.8 Å². The molecule has 2 aromatic heterocycles. The molecule has 1 saturated heterocycles. The number of unbranched alkanes of at least 4 members (excludes halogenated alkanes) is 1. The molecule has 8 heteroatoms. The topological polar surface area (TPSA) is 72.3 Å². The summed E-state index contributed by atoms with van der Waals surface area (Å²) in [7, 11) is 0. The number of carbonyl (C=O) groups is 1. The van der Waals surface area contributed by atoms with Crippen molar-refractivity contribution in [3.63, 3.8) is 0 Å². The van der Waals surface area contributed by atoms with Crippen molar-refractivity contribution in [2.75, 3.05) is 31.6 Å². The number of benzene rings is 1. The van der Waals surface area contributed by atoms with Gasteiger partial charge in [0.15, 0.2) is 5.65 Å². The molecule has 1 aromatic carbocycles. The fourth-order valence-corrected chi connectivity index (χ4v) is 3.96. The van der Waals surface area contributed by atoms with E-state index in [0.717, 1.165) is 52.5 Å². The van der Waals surface area contributed by atoms with Crippen molar-refractivity contribution in [3.8, 4) is 0 Å². The van der Waals surface area contributed by atoms with Crippen LogP contribution in [0.2, 0.25) is 5.02 Å². The number of amides is 2. The Morgan fingerprint density at radius 3 is 2.74 bits per heavy atom. The Bertz CT molecular complexity index is 1080. The number of halogens is 1. The SMILES string of the molecule is CCCCc1nc2cc(NC(=O)N3CCOCC3)c(C)nc2n1Cc1ccccc1Cl. The van der Waals surface area contributed by atoms with E-state index in [2.05, 4.69) is 16.8 Å². The van der Waals surface area contributed by atoms with E-state index in [0.29, 0.717) is 38.5 Å². The van der Waals surface area contributed by atoms with Crippen LogP contribution in [-0.4, -0.2) is 51.8 Å². The normalized spacial score (nSPS) is 14.2. The Kier molecular flexibility index (Phi) is 6.73. The summed E-state index contributed by atoms with van der Waals surface area (Å²) in [5.74, 6) is 0.986. The fraction of sp³-hybridized carbons (Fsp3) is 0.435. The second kappa shape index (κ2) is 9.66. The summed E-state index contributed by atoms with van der Waals surface area (Å²) in [6.07, 6.45) is 3.00. The number of hydrogen-bond acceptors (Lipinski definition) is 4. The standard InChI is InChI=1S/C23H28ClN5O2/c1-3-4-9-21-26-20-14-19(27-23(30)28-10-12-31-13-11-28)16(2)25-22(20)29(21)15-17-7-5-6-8-18(17)24/h5-8,14H,3-4,9-13,15H2,1-2H3,(H,27,30). The summed E-state index contributed by atoms with van der Waals surface area (Å²) >= 11 is 6.42. The third-order valence-corrected chi connectivity index (χ3v) is 5.94. The molecule has 3 heterocycles. The van der Waals surface area contributed by atoms with Crippen molar-refractivity contribution in [1.82, 2.24) is 19.4 Å². The largest absolute Gasteiger partial charge is 0.378 e. The van der Waals surface area contributed by atoms with Crippen molar-refractivity contribution in [3.05, 3.63) is 52.4 Å². The summed E-state index contributed by atoms with van der Waals surface area (Å²) in [5.41, 5.74) is 4.07. The highest BCUT2D eigenvalue weighted by molar-refractivity contribution is 6.31. The van der Waals surface area contributed by atoms with Gasteiger partial charge >= 0.3 is 6.03 Å². The number of ether oxygens (including phenoxy) is 1. The Labute approximate surface area is 187 Å². The second-order valence-corrected chi connectivity index (χ2v) is 8.21. The number of rotatable bonds is 6. The molecule has 164 valence electrons. The van der Waals surface area contributed by atoms with Crippen LogP contribution in [0.5, 0.6) is 0 Å². The second-order valence-electron chi connectivity index (χ2n) is 7.80. The first-order valence-electron chi connectivity index (χ1n) is 10.8. The summed E-state index contributed by atoms with van der Waals surface area (Å²) in [4.78, 5) is 24.1. The molecular formula is C23H28ClN5O2. The number of nitrogens with zero attached hydrogens (tertiary/aromatic N) is 4. The van der Waals surface area contributed by atoms with E-state index in [9.17, 15) is 4.79 Å². The van der Waals surface area contributed by atoms with E-state index in [-0.39, 0.29) is 6.03 Å². The molecule has 0 radical (unpaired) electrons. The quantitative estimate of drug-likeness (QED) is 0.604. The number of nitrogens with one attached hydrogen (secondary N) is 1. The summed E-state index contributed by atoms with van der Waals surface area (Å²) in [6, 6.07) is 9.65. The van der Waals surface area contributed by atoms with Gasteiger partial charge in [-0.3, -0.25) is 0 Å². The average Bonchev–Trinajstić information content (AvgIpc) is 3.10. The number of aromatic nitrogens is 3.